The highest BCUT2D eigenvalue weighted by atomic mass is 35.6. The number of carbonyl (C=O) groups excluding carboxylic acids is 2. The van der Waals surface area contributed by atoms with Gasteiger partial charge >= 0.3 is 5.97 Å². The lowest BCUT2D eigenvalue weighted by molar-refractivity contribution is -0.117. The summed E-state index contributed by atoms with van der Waals surface area (Å²) in [6.07, 6.45) is 1.78. The van der Waals surface area contributed by atoms with Crippen molar-refractivity contribution in [1.29, 1.82) is 0 Å². The highest BCUT2D eigenvalue weighted by Crippen LogP contribution is 2.29. The van der Waals surface area contributed by atoms with Gasteiger partial charge in [-0.15, -0.1) is 0 Å². The molecule has 0 aliphatic rings. The summed E-state index contributed by atoms with van der Waals surface area (Å²) in [7, 11) is 1.27. The number of halogens is 3. The smallest absolute Gasteiger partial charge is 0.339 e. The first kappa shape index (κ1) is 24.0. The van der Waals surface area contributed by atoms with Gasteiger partial charge in [-0.3, -0.25) is 4.79 Å². The fraction of sp³-hybridized carbons (Fsp3) is 0.150. The molecular weight excluding hydrogens is 469 g/mol. The van der Waals surface area contributed by atoms with Crippen molar-refractivity contribution in [3.05, 3.63) is 71.8 Å². The van der Waals surface area contributed by atoms with Crippen molar-refractivity contribution >= 4 is 75.8 Å². The van der Waals surface area contributed by atoms with Crippen molar-refractivity contribution in [1.82, 2.24) is 10.6 Å². The summed E-state index contributed by atoms with van der Waals surface area (Å²) in [5.74, 6) is -1.04. The molecular formula is C20H18Cl3N3O3S. The normalized spacial score (nSPS) is 12.1. The molecule has 0 fully saturated rings. The summed E-state index contributed by atoms with van der Waals surface area (Å²) in [5, 5.41) is 8.12. The molecule has 3 N–H and O–H groups in total. The summed E-state index contributed by atoms with van der Waals surface area (Å²) < 4.78 is 2.83. The van der Waals surface area contributed by atoms with Gasteiger partial charge in [-0.2, -0.15) is 0 Å². The second-order valence-electron chi connectivity index (χ2n) is 5.86. The summed E-state index contributed by atoms with van der Waals surface area (Å²) in [6, 6.07) is 15.8. The van der Waals surface area contributed by atoms with E-state index < -0.39 is 21.8 Å². The molecule has 0 aliphatic heterocycles. The van der Waals surface area contributed by atoms with Gasteiger partial charge in [0, 0.05) is 6.08 Å². The molecule has 0 aliphatic carbocycles. The van der Waals surface area contributed by atoms with Crippen molar-refractivity contribution in [2.45, 2.75) is 9.96 Å². The average Bonchev–Trinajstić information content (AvgIpc) is 2.71. The Bertz CT molecular complexity index is 934. The molecule has 1 amide bonds. The van der Waals surface area contributed by atoms with Crippen molar-refractivity contribution < 1.29 is 14.3 Å². The molecule has 6 nitrogen and oxygen atoms in total. The topological polar surface area (TPSA) is 79.5 Å². The first-order valence-electron chi connectivity index (χ1n) is 8.56. The monoisotopic (exact) mass is 485 g/mol. The number of methoxy groups -OCH3 is 1. The number of alkyl halides is 3. The highest BCUT2D eigenvalue weighted by molar-refractivity contribution is 7.80. The summed E-state index contributed by atoms with van der Waals surface area (Å²) in [5.41, 5.74) is 1.49. The van der Waals surface area contributed by atoms with E-state index in [0.29, 0.717) is 5.69 Å². The standard InChI is InChI=1S/C20H18Cl3N3O3S/c1-29-17(28)14-9-5-6-10-15(14)24-19(30)26-18(20(21,22)23)25-16(27)12-11-13-7-3-2-4-8-13/h2-12,18H,1H3,(H,25,27)(H2,24,26,30)/b12-11+/t18-/m0/s1. The second kappa shape index (κ2) is 11.2. The van der Waals surface area contributed by atoms with Gasteiger partial charge in [0.25, 0.3) is 0 Å². The van der Waals surface area contributed by atoms with Crippen LogP contribution in [0, 0.1) is 0 Å². The van der Waals surface area contributed by atoms with Gasteiger partial charge in [-0.1, -0.05) is 77.3 Å². The molecule has 158 valence electrons. The molecule has 2 aromatic carbocycles. The molecule has 2 rings (SSSR count). The molecule has 2 aromatic rings. The van der Waals surface area contributed by atoms with Crippen LogP contribution in [0.2, 0.25) is 0 Å². The minimum Gasteiger partial charge on any atom is -0.465 e. The van der Waals surface area contributed by atoms with E-state index in [0.717, 1.165) is 5.56 Å². The lowest BCUT2D eigenvalue weighted by Crippen LogP contribution is -2.55. The van der Waals surface area contributed by atoms with E-state index in [1.807, 2.05) is 30.3 Å². The van der Waals surface area contributed by atoms with Crippen LogP contribution in [0.15, 0.2) is 60.7 Å². The van der Waals surface area contributed by atoms with Crippen LogP contribution in [0.25, 0.3) is 6.08 Å². The summed E-state index contributed by atoms with van der Waals surface area (Å²) in [6.45, 7) is 0. The number of ether oxygens (including phenoxy) is 1. The minimum absolute atomic E-state index is 0.0232. The molecule has 0 saturated carbocycles. The lowest BCUT2D eigenvalue weighted by Gasteiger charge is -2.27. The fourth-order valence-corrected chi connectivity index (χ4v) is 2.85. The van der Waals surface area contributed by atoms with Crippen LogP contribution in [0.1, 0.15) is 15.9 Å². The summed E-state index contributed by atoms with van der Waals surface area (Å²) >= 11 is 23.2. The molecule has 0 aromatic heterocycles. The van der Waals surface area contributed by atoms with E-state index in [1.165, 1.54) is 13.2 Å². The number of anilines is 1. The molecule has 0 unspecified atom stereocenters. The van der Waals surface area contributed by atoms with Crippen LogP contribution in [0.4, 0.5) is 5.69 Å². The Kier molecular flexibility index (Phi) is 8.92. The van der Waals surface area contributed by atoms with E-state index in [1.54, 1.807) is 30.3 Å². The third-order valence-corrected chi connectivity index (χ3v) is 4.57. The van der Waals surface area contributed by atoms with Crippen molar-refractivity contribution in [2.75, 3.05) is 12.4 Å². The van der Waals surface area contributed by atoms with Crippen LogP contribution < -0.4 is 16.0 Å². The SMILES string of the molecule is COC(=O)c1ccccc1NC(=S)N[C@H](NC(=O)/C=C/c1ccccc1)C(Cl)(Cl)Cl. The summed E-state index contributed by atoms with van der Waals surface area (Å²) in [4.78, 5) is 24.1. The van der Waals surface area contributed by atoms with Gasteiger partial charge < -0.3 is 20.7 Å². The molecule has 10 heteroatoms. The van der Waals surface area contributed by atoms with Gasteiger partial charge in [0.1, 0.15) is 6.17 Å². The quantitative estimate of drug-likeness (QED) is 0.186. The zero-order chi connectivity index (χ0) is 22.1. The van der Waals surface area contributed by atoms with E-state index in [4.69, 9.17) is 51.8 Å². The number of esters is 1. The molecule has 0 heterocycles. The number of amides is 1. The van der Waals surface area contributed by atoms with E-state index in [9.17, 15) is 9.59 Å². The Morgan fingerprint density at radius 1 is 1.03 bits per heavy atom. The Morgan fingerprint density at radius 2 is 1.67 bits per heavy atom. The lowest BCUT2D eigenvalue weighted by atomic mass is 10.2. The number of carbonyl (C=O) groups is 2. The Morgan fingerprint density at radius 3 is 2.30 bits per heavy atom. The molecule has 30 heavy (non-hydrogen) atoms. The van der Waals surface area contributed by atoms with Gasteiger partial charge in [0.2, 0.25) is 9.70 Å². The van der Waals surface area contributed by atoms with E-state index in [-0.39, 0.29) is 10.7 Å². The van der Waals surface area contributed by atoms with Crippen LogP contribution >= 0.6 is 47.0 Å². The number of para-hydroxylation sites is 1. The van der Waals surface area contributed by atoms with Crippen LogP contribution in [0.3, 0.4) is 0 Å². The number of hydrogen-bond acceptors (Lipinski definition) is 4. The number of nitrogens with one attached hydrogen (secondary N) is 3. The zero-order valence-corrected chi connectivity index (χ0v) is 18.8. The predicted octanol–water partition coefficient (Wildman–Crippen LogP) is 4.29. The van der Waals surface area contributed by atoms with Crippen LogP contribution in [0.5, 0.6) is 0 Å². The van der Waals surface area contributed by atoms with Crippen LogP contribution in [-0.2, 0) is 9.53 Å². The molecule has 0 saturated heterocycles. The fourth-order valence-electron chi connectivity index (χ4n) is 2.30. The second-order valence-corrected chi connectivity index (χ2v) is 8.64. The van der Waals surface area contributed by atoms with Crippen molar-refractivity contribution in [3.63, 3.8) is 0 Å². The van der Waals surface area contributed by atoms with Gasteiger partial charge in [-0.05, 0) is 36.0 Å². The Labute approximate surface area is 194 Å². The maximum atomic E-state index is 12.3. The predicted molar refractivity (Wildman–Crippen MR) is 125 cm³/mol. The number of hydrogen-bond donors (Lipinski definition) is 3. The molecule has 0 radical (unpaired) electrons. The number of benzene rings is 2. The Balaban J connectivity index is 2.06. The first-order chi connectivity index (χ1) is 14.2. The zero-order valence-electron chi connectivity index (χ0n) is 15.7. The molecule has 0 spiro atoms. The third kappa shape index (κ3) is 7.50. The Hall–Kier alpha value is -2.32. The average molecular weight is 487 g/mol. The van der Waals surface area contributed by atoms with Crippen LogP contribution in [-0.4, -0.2) is 34.1 Å². The van der Waals surface area contributed by atoms with Crippen molar-refractivity contribution in [2.24, 2.45) is 0 Å². The van der Waals surface area contributed by atoms with Gasteiger partial charge in [0.15, 0.2) is 5.11 Å². The molecule has 0 bridgehead atoms. The highest BCUT2D eigenvalue weighted by Gasteiger charge is 2.34. The van der Waals surface area contributed by atoms with Crippen molar-refractivity contribution in [3.8, 4) is 0 Å². The number of thiocarbonyl (C=S) groups is 1. The third-order valence-electron chi connectivity index (χ3n) is 3.70. The van der Waals surface area contributed by atoms with E-state index >= 15 is 0 Å². The first-order valence-corrected chi connectivity index (χ1v) is 10.1. The van der Waals surface area contributed by atoms with E-state index in [2.05, 4.69) is 16.0 Å². The number of rotatable bonds is 6. The minimum atomic E-state index is -1.91. The van der Waals surface area contributed by atoms with Gasteiger partial charge in [0.05, 0.1) is 18.4 Å². The maximum Gasteiger partial charge on any atom is 0.339 e. The largest absolute Gasteiger partial charge is 0.465 e. The van der Waals surface area contributed by atoms with Gasteiger partial charge in [-0.25, -0.2) is 4.79 Å². The molecule has 1 atom stereocenters. The maximum absolute atomic E-state index is 12.3.